The van der Waals surface area contributed by atoms with Gasteiger partial charge in [0.1, 0.15) is 11.4 Å². The highest BCUT2D eigenvalue weighted by molar-refractivity contribution is 9.10. The van der Waals surface area contributed by atoms with Gasteiger partial charge in [0.25, 0.3) is 0 Å². The van der Waals surface area contributed by atoms with Gasteiger partial charge < -0.3 is 15.4 Å². The number of urea groups is 1. The molecule has 3 aromatic rings. The normalized spacial score (nSPS) is 15.7. The van der Waals surface area contributed by atoms with E-state index >= 15 is 0 Å². The zero-order valence-electron chi connectivity index (χ0n) is 20.9. The van der Waals surface area contributed by atoms with E-state index in [0.717, 1.165) is 48.6 Å². The monoisotopic (exact) mass is 594 g/mol. The topological polar surface area (TPSA) is 99.7 Å². The predicted octanol–water partition coefficient (Wildman–Crippen LogP) is 4.94. The molecule has 0 atom stereocenters. The summed E-state index contributed by atoms with van der Waals surface area (Å²) < 4.78 is 6.28. The fourth-order valence-electron chi connectivity index (χ4n) is 4.25. The summed E-state index contributed by atoms with van der Waals surface area (Å²) in [4.78, 5) is 38.2. The number of aryl methyl sites for hydroxylation is 1. The van der Waals surface area contributed by atoms with Crippen LogP contribution in [-0.4, -0.2) is 58.9 Å². The van der Waals surface area contributed by atoms with Crippen LogP contribution >= 0.6 is 27.7 Å². The van der Waals surface area contributed by atoms with Crippen molar-refractivity contribution in [3.63, 3.8) is 0 Å². The Morgan fingerprint density at radius 3 is 2.68 bits per heavy atom. The molecule has 2 N–H and O–H groups in total. The highest BCUT2D eigenvalue weighted by Gasteiger charge is 2.32. The summed E-state index contributed by atoms with van der Waals surface area (Å²) in [6.07, 6.45) is 1.40. The minimum Gasteiger partial charge on any atom is -0.379 e. The van der Waals surface area contributed by atoms with Crippen molar-refractivity contribution in [3.05, 3.63) is 76.5 Å². The van der Waals surface area contributed by atoms with Crippen LogP contribution in [-0.2, 0) is 16.1 Å². The van der Waals surface area contributed by atoms with Gasteiger partial charge in [-0.2, -0.15) is 0 Å². The fraction of sp³-hybridized carbons (Fsp3) is 0.259. The van der Waals surface area contributed by atoms with Crippen LogP contribution in [0.25, 0.3) is 5.70 Å². The van der Waals surface area contributed by atoms with Gasteiger partial charge >= 0.3 is 6.03 Å². The molecule has 2 aliphatic heterocycles. The summed E-state index contributed by atoms with van der Waals surface area (Å²) in [6.45, 7) is 10.2. The van der Waals surface area contributed by atoms with Crippen molar-refractivity contribution in [2.45, 2.75) is 18.5 Å². The molecule has 3 heterocycles. The van der Waals surface area contributed by atoms with Crippen molar-refractivity contribution in [2.24, 2.45) is 0 Å². The number of thioether (sulfide) groups is 1. The Bertz CT molecular complexity index is 1380. The minimum atomic E-state index is -0.359. The van der Waals surface area contributed by atoms with Gasteiger partial charge in [-0.1, -0.05) is 52.5 Å². The van der Waals surface area contributed by atoms with E-state index in [1.54, 1.807) is 0 Å². The van der Waals surface area contributed by atoms with E-state index in [4.69, 9.17) is 4.74 Å². The van der Waals surface area contributed by atoms with Gasteiger partial charge in [0.15, 0.2) is 5.82 Å². The van der Waals surface area contributed by atoms with Crippen LogP contribution < -0.4 is 15.5 Å². The summed E-state index contributed by atoms with van der Waals surface area (Å²) in [6, 6.07) is 13.2. The maximum Gasteiger partial charge on any atom is 0.332 e. The van der Waals surface area contributed by atoms with E-state index in [9.17, 15) is 9.59 Å². The number of carbonyl (C=O) groups is 2. The number of carbonyl (C=O) groups excluding carboxylic acids is 2. The van der Waals surface area contributed by atoms with Crippen molar-refractivity contribution in [1.82, 2.24) is 20.2 Å². The lowest BCUT2D eigenvalue weighted by Crippen LogP contribution is -2.41. The summed E-state index contributed by atoms with van der Waals surface area (Å²) >= 11 is 4.80. The number of ether oxygens (including phenoxy) is 1. The summed E-state index contributed by atoms with van der Waals surface area (Å²) in [5.74, 6) is 0.396. The average Bonchev–Trinajstić information content (AvgIpc) is 2.91. The molecule has 0 saturated carbocycles. The van der Waals surface area contributed by atoms with Gasteiger partial charge in [-0.05, 0) is 42.3 Å². The fourth-order valence-corrected chi connectivity index (χ4v) is 5.44. The van der Waals surface area contributed by atoms with E-state index in [0.29, 0.717) is 27.8 Å². The number of aromatic nitrogens is 2. The molecule has 1 fully saturated rings. The zero-order chi connectivity index (χ0) is 26.6. The molecule has 2 aliphatic rings. The molecule has 2 aromatic carbocycles. The molecule has 0 radical (unpaired) electrons. The van der Waals surface area contributed by atoms with Crippen molar-refractivity contribution in [1.29, 1.82) is 0 Å². The van der Waals surface area contributed by atoms with Crippen LogP contribution in [0.5, 0.6) is 0 Å². The number of fused-ring (bicyclic) bond motifs is 1. The third-order valence-corrected chi connectivity index (χ3v) is 8.11. The minimum absolute atomic E-state index is 0.135. The molecule has 5 rings (SSSR count). The molecule has 0 aliphatic carbocycles. The van der Waals surface area contributed by atoms with Gasteiger partial charge in [-0.3, -0.25) is 9.69 Å². The quantitative estimate of drug-likeness (QED) is 0.295. The largest absolute Gasteiger partial charge is 0.379 e. The first-order valence-electron chi connectivity index (χ1n) is 12.1. The first kappa shape index (κ1) is 26.4. The van der Waals surface area contributed by atoms with Gasteiger partial charge in [-0.25, -0.2) is 19.7 Å². The van der Waals surface area contributed by atoms with E-state index in [1.165, 1.54) is 28.6 Å². The summed E-state index contributed by atoms with van der Waals surface area (Å²) in [5, 5.41) is 6.30. The van der Waals surface area contributed by atoms with Crippen LogP contribution in [0.3, 0.4) is 0 Å². The average molecular weight is 596 g/mol. The van der Waals surface area contributed by atoms with Crippen LogP contribution in [0.1, 0.15) is 16.7 Å². The third kappa shape index (κ3) is 5.91. The lowest BCUT2D eigenvalue weighted by molar-refractivity contribution is -0.113. The SMILES string of the molecule is C=C1NC(=O)N(c2ccc(C)c(Br)c2)c2ncnc(SCC(=O)Nc3ccc(CN4CCOCC4)cc3)c21. The van der Waals surface area contributed by atoms with Crippen molar-refractivity contribution in [2.75, 3.05) is 42.3 Å². The smallest absolute Gasteiger partial charge is 0.332 e. The molecule has 0 spiro atoms. The van der Waals surface area contributed by atoms with Gasteiger partial charge in [-0.15, -0.1) is 0 Å². The van der Waals surface area contributed by atoms with Gasteiger partial charge in [0, 0.05) is 35.5 Å². The molecule has 1 saturated heterocycles. The van der Waals surface area contributed by atoms with E-state index < -0.39 is 0 Å². The number of amides is 3. The molecular weight excluding hydrogens is 568 g/mol. The second-order valence-electron chi connectivity index (χ2n) is 8.98. The van der Waals surface area contributed by atoms with E-state index in [2.05, 4.69) is 48.0 Å². The van der Waals surface area contributed by atoms with Crippen LogP contribution in [0, 0.1) is 6.92 Å². The molecule has 0 bridgehead atoms. The number of benzene rings is 2. The number of morpholine rings is 1. The second kappa shape index (κ2) is 11.6. The highest BCUT2D eigenvalue weighted by Crippen LogP contribution is 2.39. The maximum atomic E-state index is 12.9. The van der Waals surface area contributed by atoms with E-state index in [-0.39, 0.29) is 17.7 Å². The highest BCUT2D eigenvalue weighted by atomic mass is 79.9. The molecule has 0 unspecified atom stereocenters. The zero-order valence-corrected chi connectivity index (χ0v) is 23.3. The summed E-state index contributed by atoms with van der Waals surface area (Å²) in [7, 11) is 0. The number of nitrogens with zero attached hydrogens (tertiary/aromatic N) is 4. The first-order chi connectivity index (χ1) is 18.4. The van der Waals surface area contributed by atoms with Gasteiger partial charge in [0.2, 0.25) is 5.91 Å². The molecule has 1 aromatic heterocycles. The third-order valence-electron chi connectivity index (χ3n) is 6.27. The number of hydrogen-bond donors (Lipinski definition) is 2. The van der Waals surface area contributed by atoms with Crippen molar-refractivity contribution in [3.8, 4) is 0 Å². The number of hydrogen-bond acceptors (Lipinski definition) is 7. The predicted molar refractivity (Wildman–Crippen MR) is 153 cm³/mol. The molecule has 196 valence electrons. The molecule has 38 heavy (non-hydrogen) atoms. The lowest BCUT2D eigenvalue weighted by atomic mass is 10.1. The maximum absolute atomic E-state index is 12.9. The molecular formula is C27H27BrN6O3S. The lowest BCUT2D eigenvalue weighted by Gasteiger charge is -2.30. The Morgan fingerprint density at radius 2 is 1.95 bits per heavy atom. The second-order valence-corrected chi connectivity index (χ2v) is 10.8. The molecule has 3 amide bonds. The molecule has 11 heteroatoms. The van der Waals surface area contributed by atoms with E-state index in [1.807, 2.05) is 49.4 Å². The Balaban J connectivity index is 1.26. The van der Waals surface area contributed by atoms with Crippen LogP contribution in [0.15, 0.2) is 64.9 Å². The standard InChI is InChI=1S/C27H27BrN6O3S/c1-17-3-8-21(13-22(17)28)34-25-24(18(2)31-27(34)36)26(30-16-29-25)38-15-23(35)32-20-6-4-19(5-7-20)14-33-9-11-37-12-10-33/h3-8,13,16H,2,9-12,14-15H2,1H3,(H,31,36)(H,32,35). The van der Waals surface area contributed by atoms with Gasteiger partial charge in [0.05, 0.1) is 30.2 Å². The van der Waals surface area contributed by atoms with Crippen LogP contribution in [0.2, 0.25) is 0 Å². The molecule has 9 nitrogen and oxygen atoms in total. The Labute approximate surface area is 233 Å². The van der Waals surface area contributed by atoms with Crippen molar-refractivity contribution >= 4 is 62.5 Å². The Morgan fingerprint density at radius 1 is 1.18 bits per heavy atom. The number of rotatable bonds is 7. The first-order valence-corrected chi connectivity index (χ1v) is 13.9. The summed E-state index contributed by atoms with van der Waals surface area (Å²) in [5.41, 5.74) is 4.61. The Kier molecular flexibility index (Phi) is 8.08. The Hall–Kier alpha value is -3.25. The number of anilines is 3. The number of nitrogens with one attached hydrogen (secondary N) is 2. The number of halogens is 1. The van der Waals surface area contributed by atoms with Crippen LogP contribution in [0.4, 0.5) is 22.0 Å². The van der Waals surface area contributed by atoms with Crippen molar-refractivity contribution < 1.29 is 14.3 Å².